The number of primary amides is 1. The van der Waals surface area contributed by atoms with Crippen LogP contribution in [0.25, 0.3) is 0 Å². The summed E-state index contributed by atoms with van der Waals surface area (Å²) in [5, 5.41) is 14.1. The average Bonchev–Trinajstić information content (AvgIpc) is 2.73. The van der Waals surface area contributed by atoms with Crippen molar-refractivity contribution in [2.24, 2.45) is 5.73 Å². The van der Waals surface area contributed by atoms with Gasteiger partial charge in [0.1, 0.15) is 5.82 Å². The lowest BCUT2D eigenvalue weighted by Gasteiger charge is -2.03. The molecular formula is C11H8ClFN4O3. The van der Waals surface area contributed by atoms with E-state index in [1.54, 1.807) is 0 Å². The number of nitro groups is 1. The van der Waals surface area contributed by atoms with Crippen molar-refractivity contribution in [2.75, 3.05) is 0 Å². The topological polar surface area (TPSA) is 104 Å². The molecule has 20 heavy (non-hydrogen) atoms. The summed E-state index contributed by atoms with van der Waals surface area (Å²) in [6.45, 7) is -0.111. The van der Waals surface area contributed by atoms with Gasteiger partial charge < -0.3 is 15.8 Å². The Morgan fingerprint density at radius 3 is 2.80 bits per heavy atom. The minimum atomic E-state index is -0.741. The van der Waals surface area contributed by atoms with E-state index < -0.39 is 22.5 Å². The Kier molecular flexibility index (Phi) is 3.66. The Hall–Kier alpha value is -2.48. The van der Waals surface area contributed by atoms with Gasteiger partial charge >= 0.3 is 5.82 Å². The fourth-order valence-corrected chi connectivity index (χ4v) is 1.83. The van der Waals surface area contributed by atoms with Crippen LogP contribution in [0.3, 0.4) is 0 Å². The van der Waals surface area contributed by atoms with Crippen molar-refractivity contribution in [3.8, 4) is 0 Å². The average molecular weight is 299 g/mol. The number of nitrogens with two attached hydrogens (primary N) is 1. The van der Waals surface area contributed by atoms with E-state index in [1.165, 1.54) is 18.3 Å². The highest BCUT2D eigenvalue weighted by atomic mass is 35.5. The Balaban J connectivity index is 2.34. The van der Waals surface area contributed by atoms with Crippen LogP contribution >= 0.6 is 11.6 Å². The molecule has 0 aliphatic heterocycles. The highest BCUT2D eigenvalue weighted by Gasteiger charge is 2.20. The summed E-state index contributed by atoms with van der Waals surface area (Å²) in [5.41, 5.74) is 5.35. The van der Waals surface area contributed by atoms with Crippen LogP contribution in [0, 0.1) is 15.9 Å². The van der Waals surface area contributed by atoms with Gasteiger partial charge in [-0.15, -0.1) is 0 Å². The number of carbonyl (C=O) groups is 1. The third kappa shape index (κ3) is 2.75. The van der Waals surface area contributed by atoms with Gasteiger partial charge in [-0.1, -0.05) is 11.6 Å². The molecule has 2 aromatic rings. The zero-order valence-corrected chi connectivity index (χ0v) is 10.7. The summed E-state index contributed by atoms with van der Waals surface area (Å²) < 4.78 is 14.7. The van der Waals surface area contributed by atoms with E-state index in [0.29, 0.717) is 0 Å². The lowest BCUT2D eigenvalue weighted by atomic mass is 10.1. The molecule has 1 aromatic carbocycles. The Morgan fingerprint density at radius 2 is 2.25 bits per heavy atom. The number of hydrogen-bond acceptors (Lipinski definition) is 4. The Labute approximate surface area is 116 Å². The normalized spacial score (nSPS) is 10.5. The fraction of sp³-hybridized carbons (Fsp3) is 0.0909. The summed E-state index contributed by atoms with van der Waals surface area (Å²) in [4.78, 5) is 20.9. The van der Waals surface area contributed by atoms with Gasteiger partial charge in [-0.25, -0.2) is 4.39 Å². The summed E-state index contributed by atoms with van der Waals surface area (Å²) in [5.74, 6) is -1.79. The van der Waals surface area contributed by atoms with Crippen LogP contribution in [0.15, 0.2) is 24.4 Å². The molecule has 1 heterocycles. The first-order valence-electron chi connectivity index (χ1n) is 5.34. The number of benzene rings is 1. The molecule has 0 aliphatic rings. The van der Waals surface area contributed by atoms with E-state index in [9.17, 15) is 19.3 Å². The number of carbonyl (C=O) groups excluding carboxylic acids is 1. The second-order valence-corrected chi connectivity index (χ2v) is 4.33. The minimum absolute atomic E-state index is 0.111. The predicted octanol–water partition coefficient (Wildman–Crippen LogP) is 1.73. The smallest absolute Gasteiger partial charge is 0.366 e. The van der Waals surface area contributed by atoms with Gasteiger partial charge in [0.05, 0.1) is 17.8 Å². The SMILES string of the molecule is NC(=O)c1ccc(F)c(Cn2cc(Cl)c([N+](=O)[O-])n2)c1. The van der Waals surface area contributed by atoms with E-state index in [1.807, 2.05) is 0 Å². The van der Waals surface area contributed by atoms with Gasteiger partial charge in [0.25, 0.3) is 0 Å². The van der Waals surface area contributed by atoms with Gasteiger partial charge in [-0.3, -0.25) is 4.79 Å². The van der Waals surface area contributed by atoms with Crippen molar-refractivity contribution >= 4 is 23.3 Å². The summed E-state index contributed by atoms with van der Waals surface area (Å²) >= 11 is 5.63. The van der Waals surface area contributed by atoms with Crippen molar-refractivity contribution in [1.29, 1.82) is 0 Å². The molecule has 0 saturated carbocycles. The molecule has 0 unspecified atom stereocenters. The van der Waals surface area contributed by atoms with Crippen LogP contribution in [-0.2, 0) is 6.54 Å². The molecule has 2 rings (SSSR count). The van der Waals surface area contributed by atoms with E-state index in [0.717, 1.165) is 10.7 Å². The summed E-state index contributed by atoms with van der Waals surface area (Å²) in [7, 11) is 0. The van der Waals surface area contributed by atoms with Crippen molar-refractivity contribution in [3.63, 3.8) is 0 Å². The third-order valence-corrected chi connectivity index (χ3v) is 2.80. The third-order valence-electron chi connectivity index (χ3n) is 2.53. The second kappa shape index (κ2) is 5.25. The number of nitrogens with zero attached hydrogens (tertiary/aromatic N) is 3. The van der Waals surface area contributed by atoms with Crippen LogP contribution in [0.5, 0.6) is 0 Å². The number of amides is 1. The molecule has 1 amide bonds. The highest BCUT2D eigenvalue weighted by molar-refractivity contribution is 6.32. The largest absolute Gasteiger partial charge is 0.408 e. The lowest BCUT2D eigenvalue weighted by Crippen LogP contribution is -2.12. The minimum Gasteiger partial charge on any atom is -0.366 e. The van der Waals surface area contributed by atoms with Crippen LogP contribution in [0.4, 0.5) is 10.2 Å². The van der Waals surface area contributed by atoms with E-state index in [-0.39, 0.29) is 22.7 Å². The van der Waals surface area contributed by atoms with Crippen LogP contribution in [-0.4, -0.2) is 20.6 Å². The van der Waals surface area contributed by atoms with E-state index in [2.05, 4.69) is 5.10 Å². The molecule has 0 spiro atoms. The molecule has 0 bridgehead atoms. The van der Waals surface area contributed by atoms with E-state index >= 15 is 0 Å². The number of aromatic nitrogens is 2. The lowest BCUT2D eigenvalue weighted by molar-refractivity contribution is -0.389. The maximum atomic E-state index is 13.6. The molecule has 2 N–H and O–H groups in total. The first-order chi connectivity index (χ1) is 9.38. The quantitative estimate of drug-likeness (QED) is 0.685. The molecule has 9 heteroatoms. The molecule has 104 valence electrons. The first-order valence-corrected chi connectivity index (χ1v) is 5.72. The van der Waals surface area contributed by atoms with E-state index in [4.69, 9.17) is 17.3 Å². The molecule has 0 fully saturated rings. The first kappa shape index (κ1) is 13.9. The van der Waals surface area contributed by atoms with Crippen molar-refractivity contribution in [2.45, 2.75) is 6.54 Å². The standard InChI is InChI=1S/C11H8ClFN4O3/c12-8-5-16(15-11(8)17(19)20)4-7-3-6(10(14)18)1-2-9(7)13/h1-3,5H,4H2,(H2,14,18). The zero-order chi connectivity index (χ0) is 14.9. The molecule has 0 radical (unpaired) electrons. The van der Waals surface area contributed by atoms with Gasteiger partial charge in [-0.05, 0) is 23.1 Å². The molecule has 7 nitrogen and oxygen atoms in total. The molecule has 0 atom stereocenters. The highest BCUT2D eigenvalue weighted by Crippen LogP contribution is 2.22. The molecule has 1 aromatic heterocycles. The maximum absolute atomic E-state index is 13.6. The van der Waals surface area contributed by atoms with Gasteiger partial charge in [0, 0.05) is 11.1 Å². The van der Waals surface area contributed by atoms with Gasteiger partial charge in [-0.2, -0.15) is 4.68 Å². The molecule has 0 aliphatic carbocycles. The van der Waals surface area contributed by atoms with Crippen molar-refractivity contribution in [1.82, 2.24) is 9.78 Å². The number of halogens is 2. The number of rotatable bonds is 4. The van der Waals surface area contributed by atoms with Crippen LogP contribution in [0.2, 0.25) is 5.02 Å². The Bertz CT molecular complexity index is 701. The van der Waals surface area contributed by atoms with Crippen molar-refractivity contribution < 1.29 is 14.1 Å². The number of hydrogen-bond donors (Lipinski definition) is 1. The molecule has 0 saturated heterocycles. The maximum Gasteiger partial charge on any atom is 0.408 e. The van der Waals surface area contributed by atoms with Crippen molar-refractivity contribution in [3.05, 3.63) is 56.5 Å². The Morgan fingerprint density at radius 1 is 1.55 bits per heavy atom. The molecular weight excluding hydrogens is 291 g/mol. The van der Waals surface area contributed by atoms with Crippen LogP contribution < -0.4 is 5.73 Å². The summed E-state index contributed by atoms with van der Waals surface area (Å²) in [6.07, 6.45) is 1.20. The predicted molar refractivity (Wildman–Crippen MR) is 67.9 cm³/mol. The fourth-order valence-electron chi connectivity index (χ4n) is 1.62. The van der Waals surface area contributed by atoms with Crippen LogP contribution in [0.1, 0.15) is 15.9 Å². The second-order valence-electron chi connectivity index (χ2n) is 3.93. The zero-order valence-electron chi connectivity index (χ0n) is 9.92. The summed E-state index contributed by atoms with van der Waals surface area (Å²) in [6, 6.07) is 3.60. The monoisotopic (exact) mass is 298 g/mol. The van der Waals surface area contributed by atoms with Gasteiger partial charge in [0.15, 0.2) is 5.02 Å². The van der Waals surface area contributed by atoms with Gasteiger partial charge in [0.2, 0.25) is 5.91 Å².